The number of para-hydroxylation sites is 1. The number of imidazole rings is 1. The smallest absolute Gasteiger partial charge is 0.224 e. The first-order valence-corrected chi connectivity index (χ1v) is 13.2. The third-order valence-corrected chi connectivity index (χ3v) is 7.68. The van der Waals surface area contributed by atoms with E-state index in [0.717, 1.165) is 80.2 Å². The highest BCUT2D eigenvalue weighted by molar-refractivity contribution is 5.88. The largest absolute Gasteiger partial charge is 0.369 e. The van der Waals surface area contributed by atoms with Crippen LogP contribution in [0.4, 0.5) is 23.1 Å². The van der Waals surface area contributed by atoms with Gasteiger partial charge in [0.15, 0.2) is 17.0 Å². The molecule has 1 aliphatic carbocycles. The summed E-state index contributed by atoms with van der Waals surface area (Å²) in [6.07, 6.45) is 4.02. The molecule has 6 rings (SSSR count). The summed E-state index contributed by atoms with van der Waals surface area (Å²) in [6, 6.07) is 19.0. The summed E-state index contributed by atoms with van der Waals surface area (Å²) >= 11 is 0. The van der Waals surface area contributed by atoms with Gasteiger partial charge in [-0.25, -0.2) is 4.98 Å². The highest BCUT2D eigenvalue weighted by atomic mass is 15.2. The molecule has 1 saturated heterocycles. The van der Waals surface area contributed by atoms with Crippen LogP contribution in [0.25, 0.3) is 16.9 Å². The van der Waals surface area contributed by atoms with Crippen molar-refractivity contribution in [3.05, 3.63) is 60.4 Å². The van der Waals surface area contributed by atoms with Crippen molar-refractivity contribution in [2.45, 2.75) is 37.6 Å². The molecular weight excluding hydrogens is 462 g/mol. The molecule has 9 heteroatoms. The summed E-state index contributed by atoms with van der Waals surface area (Å²) < 4.78 is 2.15. The molecule has 4 aromatic rings. The number of nitrogens with zero attached hydrogens (tertiary/aromatic N) is 6. The highest BCUT2D eigenvalue weighted by Gasteiger charge is 2.28. The van der Waals surface area contributed by atoms with Crippen LogP contribution >= 0.6 is 0 Å². The van der Waals surface area contributed by atoms with Crippen molar-refractivity contribution in [2.24, 2.45) is 5.73 Å². The third-order valence-electron chi connectivity index (χ3n) is 7.68. The number of anilines is 4. The molecule has 0 amide bonds. The average Bonchev–Trinajstić information content (AvgIpc) is 3.30. The van der Waals surface area contributed by atoms with E-state index in [4.69, 9.17) is 16.5 Å². The van der Waals surface area contributed by atoms with Crippen molar-refractivity contribution in [1.29, 1.82) is 0 Å². The van der Waals surface area contributed by atoms with Gasteiger partial charge < -0.3 is 26.6 Å². The van der Waals surface area contributed by atoms with Gasteiger partial charge in [0.2, 0.25) is 5.95 Å². The molecule has 2 aromatic heterocycles. The fourth-order valence-corrected chi connectivity index (χ4v) is 5.54. The highest BCUT2D eigenvalue weighted by Crippen LogP contribution is 2.37. The summed E-state index contributed by atoms with van der Waals surface area (Å²) in [5.74, 6) is 2.16. The van der Waals surface area contributed by atoms with E-state index in [-0.39, 0.29) is 12.0 Å². The van der Waals surface area contributed by atoms with Gasteiger partial charge >= 0.3 is 0 Å². The van der Waals surface area contributed by atoms with E-state index < -0.39 is 0 Å². The van der Waals surface area contributed by atoms with Crippen molar-refractivity contribution in [3.8, 4) is 5.69 Å². The molecule has 0 bridgehead atoms. The van der Waals surface area contributed by atoms with Crippen molar-refractivity contribution < 1.29 is 0 Å². The molecule has 0 radical (unpaired) electrons. The second kappa shape index (κ2) is 9.99. The lowest BCUT2D eigenvalue weighted by molar-refractivity contribution is 0.313. The number of nitrogens with one attached hydrogen (secondary N) is 1. The maximum Gasteiger partial charge on any atom is 0.224 e. The minimum atomic E-state index is 0.222. The molecule has 2 fully saturated rings. The predicted octanol–water partition coefficient (Wildman–Crippen LogP) is 3.88. The van der Waals surface area contributed by atoms with E-state index >= 15 is 0 Å². The van der Waals surface area contributed by atoms with E-state index in [0.29, 0.717) is 11.7 Å². The second-order valence-corrected chi connectivity index (χ2v) is 10.3. The van der Waals surface area contributed by atoms with Crippen molar-refractivity contribution >= 4 is 34.3 Å². The van der Waals surface area contributed by atoms with Gasteiger partial charge in [-0.2, -0.15) is 9.97 Å². The average molecular weight is 498 g/mol. The Kier molecular flexibility index (Phi) is 6.40. The van der Waals surface area contributed by atoms with Crippen molar-refractivity contribution in [2.75, 3.05) is 49.2 Å². The first-order valence-electron chi connectivity index (χ1n) is 13.2. The first kappa shape index (κ1) is 23.7. The minimum absolute atomic E-state index is 0.222. The summed E-state index contributed by atoms with van der Waals surface area (Å²) in [4.78, 5) is 19.2. The molecule has 2 aromatic carbocycles. The van der Waals surface area contributed by atoms with Gasteiger partial charge in [0.1, 0.15) is 5.82 Å². The Labute approximate surface area is 217 Å². The van der Waals surface area contributed by atoms with Crippen molar-refractivity contribution in [3.63, 3.8) is 0 Å². The van der Waals surface area contributed by atoms with E-state index in [2.05, 4.69) is 73.1 Å². The van der Waals surface area contributed by atoms with Crippen LogP contribution in [0.15, 0.2) is 54.6 Å². The minimum Gasteiger partial charge on any atom is -0.369 e. The van der Waals surface area contributed by atoms with Crippen LogP contribution in [0.1, 0.15) is 37.4 Å². The summed E-state index contributed by atoms with van der Waals surface area (Å²) in [7, 11) is 2.17. The maximum atomic E-state index is 6.26. The molecule has 37 heavy (non-hydrogen) atoms. The normalized spacial score (nSPS) is 20.9. The third kappa shape index (κ3) is 4.84. The van der Waals surface area contributed by atoms with Gasteiger partial charge in [-0.1, -0.05) is 24.3 Å². The second-order valence-electron chi connectivity index (χ2n) is 10.3. The lowest BCUT2D eigenvalue weighted by Gasteiger charge is -2.34. The van der Waals surface area contributed by atoms with E-state index in [1.54, 1.807) is 0 Å². The number of hydrogen-bond donors (Lipinski definition) is 3. The number of benzene rings is 2. The molecule has 9 nitrogen and oxygen atoms in total. The Balaban J connectivity index is 1.40. The lowest BCUT2D eigenvalue weighted by Crippen LogP contribution is -2.44. The van der Waals surface area contributed by atoms with Gasteiger partial charge in [-0.3, -0.25) is 4.57 Å². The zero-order valence-electron chi connectivity index (χ0n) is 21.3. The van der Waals surface area contributed by atoms with Crippen LogP contribution in [-0.2, 0) is 0 Å². The molecule has 1 saturated carbocycles. The fraction of sp³-hybridized carbons (Fsp3) is 0.393. The van der Waals surface area contributed by atoms with E-state index in [1.165, 1.54) is 5.69 Å². The number of piperazine rings is 1. The number of nitrogens with two attached hydrogens (primary N) is 2. The monoisotopic (exact) mass is 497 g/mol. The molecule has 0 spiro atoms. The van der Waals surface area contributed by atoms with Crippen LogP contribution in [0, 0.1) is 0 Å². The Hall–Kier alpha value is -3.69. The molecule has 5 N–H and O–H groups in total. The topological polar surface area (TPSA) is 114 Å². The number of rotatable bonds is 5. The number of hydrogen-bond acceptors (Lipinski definition) is 8. The number of aromatic nitrogens is 4. The molecule has 1 aliphatic heterocycles. The predicted molar refractivity (Wildman–Crippen MR) is 150 cm³/mol. The molecule has 2 aliphatic rings. The van der Waals surface area contributed by atoms with Crippen LogP contribution in [0.2, 0.25) is 0 Å². The quantitative estimate of drug-likeness (QED) is 0.381. The van der Waals surface area contributed by atoms with Crippen LogP contribution < -0.4 is 21.7 Å². The Morgan fingerprint density at radius 1 is 0.838 bits per heavy atom. The summed E-state index contributed by atoms with van der Waals surface area (Å²) in [6.45, 7) is 4.15. The zero-order valence-corrected chi connectivity index (χ0v) is 21.3. The standard InChI is InChI=1S/C28H35N9/c1-35-14-16-36(17-15-35)23-9-5-6-21(18-23)31-25-24-27(34-28(30)33-25)37(22-7-3-2-4-8-22)26(32-24)19-10-12-20(29)13-11-19/h2-9,18-20H,10-17,29H2,1H3,(H3,30,31,33,34). The van der Waals surface area contributed by atoms with Gasteiger partial charge in [0.25, 0.3) is 0 Å². The first-order chi connectivity index (χ1) is 18.0. The zero-order chi connectivity index (χ0) is 25.4. The van der Waals surface area contributed by atoms with Crippen LogP contribution in [-0.4, -0.2) is 63.7 Å². The van der Waals surface area contributed by atoms with E-state index in [1.807, 2.05) is 18.2 Å². The Bertz CT molecular complexity index is 1370. The number of likely N-dealkylation sites (N-methyl/N-ethyl adjacent to an activating group) is 1. The molecule has 0 atom stereocenters. The number of nitrogen functional groups attached to an aromatic ring is 1. The molecule has 3 heterocycles. The van der Waals surface area contributed by atoms with Crippen LogP contribution in [0.3, 0.4) is 0 Å². The molecule has 192 valence electrons. The Morgan fingerprint density at radius 2 is 1.57 bits per heavy atom. The van der Waals surface area contributed by atoms with Gasteiger partial charge in [-0.15, -0.1) is 0 Å². The Morgan fingerprint density at radius 3 is 2.32 bits per heavy atom. The maximum absolute atomic E-state index is 6.26. The van der Waals surface area contributed by atoms with Crippen molar-refractivity contribution in [1.82, 2.24) is 24.4 Å². The van der Waals surface area contributed by atoms with E-state index in [9.17, 15) is 0 Å². The van der Waals surface area contributed by atoms with Crippen LogP contribution in [0.5, 0.6) is 0 Å². The van der Waals surface area contributed by atoms with Gasteiger partial charge in [-0.05, 0) is 63.1 Å². The number of fused-ring (bicyclic) bond motifs is 1. The lowest BCUT2D eigenvalue weighted by atomic mass is 9.86. The molecular formula is C28H35N9. The SMILES string of the molecule is CN1CCN(c2cccc(Nc3nc(N)nc4c3nc(C3CCC(N)CC3)n4-c3ccccc3)c2)CC1. The van der Waals surface area contributed by atoms with Gasteiger partial charge in [0, 0.05) is 55.2 Å². The summed E-state index contributed by atoms with van der Waals surface area (Å²) in [5.41, 5.74) is 17.1. The molecule has 0 unspecified atom stereocenters. The van der Waals surface area contributed by atoms with Gasteiger partial charge in [0.05, 0.1) is 0 Å². The summed E-state index contributed by atoms with van der Waals surface area (Å²) in [5, 5.41) is 3.51. The fourth-order valence-electron chi connectivity index (χ4n) is 5.54.